The summed E-state index contributed by atoms with van der Waals surface area (Å²) in [5.41, 5.74) is 2.76. The summed E-state index contributed by atoms with van der Waals surface area (Å²) in [6.45, 7) is 5.90. The molecule has 98 valence electrons. The van der Waals surface area contributed by atoms with E-state index in [4.69, 9.17) is 0 Å². The minimum absolute atomic E-state index is 0.204. The summed E-state index contributed by atoms with van der Waals surface area (Å²) < 4.78 is 1.52. The topological polar surface area (TPSA) is 63.6 Å². The van der Waals surface area contributed by atoms with Crippen molar-refractivity contribution in [2.24, 2.45) is 0 Å². The third-order valence-corrected chi connectivity index (χ3v) is 2.60. The lowest BCUT2D eigenvalue weighted by Crippen LogP contribution is -2.15. The smallest absolute Gasteiger partial charge is 0.304 e. The van der Waals surface area contributed by atoms with Gasteiger partial charge in [0.05, 0.1) is 17.4 Å². The number of hydrogen-bond acceptors (Lipinski definition) is 3. The van der Waals surface area contributed by atoms with E-state index in [1.165, 1.54) is 4.57 Å². The van der Waals surface area contributed by atoms with Gasteiger partial charge in [-0.1, -0.05) is 13.8 Å². The predicted octanol–water partition coefficient (Wildman–Crippen LogP) is 2.44. The molecule has 0 aliphatic heterocycles. The van der Waals surface area contributed by atoms with Crippen LogP contribution in [-0.4, -0.2) is 19.5 Å². The molecular weight excluding hydrogens is 240 g/mol. The Morgan fingerprint density at radius 2 is 1.95 bits per heavy atom. The van der Waals surface area contributed by atoms with Crippen LogP contribution in [-0.2, 0) is 0 Å². The van der Waals surface area contributed by atoms with Gasteiger partial charge in [-0.25, -0.2) is 14.3 Å². The van der Waals surface area contributed by atoms with Gasteiger partial charge in [-0.2, -0.15) is 0 Å². The maximum Gasteiger partial charge on any atom is 0.332 e. The van der Waals surface area contributed by atoms with Crippen LogP contribution in [0.15, 0.2) is 41.5 Å². The Balaban J connectivity index is 0.000000637. The van der Waals surface area contributed by atoms with E-state index in [1.807, 2.05) is 39.0 Å². The first-order valence-electron chi connectivity index (χ1n) is 6.24. The van der Waals surface area contributed by atoms with Gasteiger partial charge in [0.25, 0.3) is 0 Å². The fraction of sp³-hybridized carbons (Fsp3) is 0.214. The summed E-state index contributed by atoms with van der Waals surface area (Å²) >= 11 is 0. The molecule has 0 fully saturated rings. The number of fused-ring (bicyclic) bond motifs is 1. The molecule has 0 aliphatic carbocycles. The Morgan fingerprint density at radius 3 is 2.63 bits per heavy atom. The molecule has 0 aliphatic rings. The minimum atomic E-state index is -0.204. The summed E-state index contributed by atoms with van der Waals surface area (Å²) in [4.78, 5) is 23.0. The number of nitrogens with one attached hydrogen (secondary N) is 1. The Hall–Kier alpha value is -2.43. The van der Waals surface area contributed by atoms with E-state index in [2.05, 4.69) is 15.0 Å². The van der Waals surface area contributed by atoms with E-state index in [0.29, 0.717) is 11.3 Å². The van der Waals surface area contributed by atoms with Crippen molar-refractivity contribution < 1.29 is 0 Å². The highest BCUT2D eigenvalue weighted by Crippen LogP contribution is 2.11. The monoisotopic (exact) mass is 256 g/mol. The first kappa shape index (κ1) is 13.0. The lowest BCUT2D eigenvalue weighted by molar-refractivity contribution is 0.983. The Bertz CT molecular complexity index is 725. The Morgan fingerprint density at radius 1 is 1.16 bits per heavy atom. The Kier molecular flexibility index (Phi) is 3.75. The van der Waals surface area contributed by atoms with Crippen molar-refractivity contribution in [1.29, 1.82) is 0 Å². The van der Waals surface area contributed by atoms with Crippen LogP contribution < -0.4 is 5.69 Å². The third kappa shape index (κ3) is 2.40. The lowest BCUT2D eigenvalue weighted by Gasteiger charge is -2.01. The standard InChI is InChI=1S/C12H10N4O.C2H6/c1-8-4-5-9(7-14-8)16-11-10(15-12(16)17)3-2-6-13-11;1-2/h2-7H,1H3,(H,15,17);1-2H3. The first-order chi connectivity index (χ1) is 9.25. The molecule has 0 radical (unpaired) electrons. The van der Waals surface area contributed by atoms with Crippen molar-refractivity contribution in [3.63, 3.8) is 0 Å². The zero-order chi connectivity index (χ0) is 13.8. The molecule has 0 saturated heterocycles. The van der Waals surface area contributed by atoms with Crippen LogP contribution in [0.5, 0.6) is 0 Å². The van der Waals surface area contributed by atoms with Gasteiger partial charge in [0.15, 0.2) is 5.65 Å². The number of aromatic nitrogens is 4. The number of aromatic amines is 1. The van der Waals surface area contributed by atoms with E-state index in [-0.39, 0.29) is 5.69 Å². The van der Waals surface area contributed by atoms with Gasteiger partial charge in [-0.15, -0.1) is 0 Å². The largest absolute Gasteiger partial charge is 0.332 e. The van der Waals surface area contributed by atoms with Crippen molar-refractivity contribution in [1.82, 2.24) is 19.5 Å². The zero-order valence-electron chi connectivity index (χ0n) is 11.2. The SMILES string of the molecule is CC.Cc1ccc(-n2c(=O)[nH]c3cccnc32)cn1. The van der Waals surface area contributed by atoms with Gasteiger partial charge >= 0.3 is 5.69 Å². The van der Waals surface area contributed by atoms with Crippen molar-refractivity contribution in [3.05, 3.63) is 52.8 Å². The van der Waals surface area contributed by atoms with Crippen molar-refractivity contribution in [2.45, 2.75) is 20.8 Å². The molecule has 0 atom stereocenters. The van der Waals surface area contributed by atoms with Crippen LogP contribution in [0.4, 0.5) is 0 Å². The summed E-state index contributed by atoms with van der Waals surface area (Å²) in [6, 6.07) is 7.33. The number of imidazole rings is 1. The highest BCUT2D eigenvalue weighted by atomic mass is 16.1. The van der Waals surface area contributed by atoms with Crippen molar-refractivity contribution >= 4 is 11.2 Å². The van der Waals surface area contributed by atoms with Crippen LogP contribution >= 0.6 is 0 Å². The number of nitrogens with zero attached hydrogens (tertiary/aromatic N) is 3. The number of pyridine rings is 2. The molecular formula is C14H16N4O. The van der Waals surface area contributed by atoms with Crippen molar-refractivity contribution in [2.75, 3.05) is 0 Å². The molecule has 0 spiro atoms. The molecule has 0 saturated carbocycles. The van der Waals surface area contributed by atoms with E-state index in [0.717, 1.165) is 11.2 Å². The average molecular weight is 256 g/mol. The molecule has 19 heavy (non-hydrogen) atoms. The summed E-state index contributed by atoms with van der Waals surface area (Å²) in [6.07, 6.45) is 3.33. The quantitative estimate of drug-likeness (QED) is 0.727. The maximum absolute atomic E-state index is 11.9. The average Bonchev–Trinajstić information content (AvgIpc) is 2.78. The van der Waals surface area contributed by atoms with Gasteiger partial charge < -0.3 is 4.98 Å². The first-order valence-corrected chi connectivity index (χ1v) is 6.24. The summed E-state index contributed by atoms with van der Waals surface area (Å²) in [5.74, 6) is 0. The van der Waals surface area contributed by atoms with Crippen LogP contribution in [0, 0.1) is 6.92 Å². The van der Waals surface area contributed by atoms with Gasteiger partial charge in [0.1, 0.15) is 0 Å². The second kappa shape index (κ2) is 5.48. The molecule has 3 aromatic heterocycles. The molecule has 0 amide bonds. The molecule has 3 rings (SSSR count). The molecule has 5 heteroatoms. The number of aryl methyl sites for hydroxylation is 1. The number of hydrogen-bond donors (Lipinski definition) is 1. The molecule has 0 aromatic carbocycles. The van der Waals surface area contributed by atoms with Gasteiger partial charge in [0.2, 0.25) is 0 Å². The van der Waals surface area contributed by atoms with E-state index in [9.17, 15) is 4.79 Å². The Labute approximate surface area is 111 Å². The fourth-order valence-corrected chi connectivity index (χ4v) is 1.77. The normalized spacial score (nSPS) is 10.1. The van der Waals surface area contributed by atoms with E-state index in [1.54, 1.807) is 18.5 Å². The molecule has 3 aromatic rings. The second-order valence-electron chi connectivity index (χ2n) is 3.80. The van der Waals surface area contributed by atoms with Crippen LogP contribution in [0.25, 0.3) is 16.9 Å². The number of rotatable bonds is 1. The molecule has 3 heterocycles. The highest BCUT2D eigenvalue weighted by Gasteiger charge is 2.08. The maximum atomic E-state index is 11.9. The summed E-state index contributed by atoms with van der Waals surface area (Å²) in [5, 5.41) is 0. The van der Waals surface area contributed by atoms with E-state index >= 15 is 0 Å². The van der Waals surface area contributed by atoms with Crippen LogP contribution in [0.2, 0.25) is 0 Å². The van der Waals surface area contributed by atoms with Crippen molar-refractivity contribution in [3.8, 4) is 5.69 Å². The van der Waals surface area contributed by atoms with Gasteiger partial charge in [-0.05, 0) is 31.2 Å². The van der Waals surface area contributed by atoms with Gasteiger partial charge in [-0.3, -0.25) is 4.98 Å². The summed E-state index contributed by atoms with van der Waals surface area (Å²) in [7, 11) is 0. The van der Waals surface area contributed by atoms with Crippen LogP contribution in [0.3, 0.4) is 0 Å². The third-order valence-electron chi connectivity index (χ3n) is 2.60. The fourth-order valence-electron chi connectivity index (χ4n) is 1.77. The number of H-pyrrole nitrogens is 1. The molecule has 0 unspecified atom stereocenters. The zero-order valence-corrected chi connectivity index (χ0v) is 11.2. The lowest BCUT2D eigenvalue weighted by atomic mass is 10.3. The predicted molar refractivity (Wildman–Crippen MR) is 75.6 cm³/mol. The second-order valence-corrected chi connectivity index (χ2v) is 3.80. The van der Waals surface area contributed by atoms with Gasteiger partial charge in [0, 0.05) is 11.9 Å². The highest BCUT2D eigenvalue weighted by molar-refractivity contribution is 5.72. The molecule has 5 nitrogen and oxygen atoms in total. The molecule has 0 bridgehead atoms. The molecule has 1 N–H and O–H groups in total. The van der Waals surface area contributed by atoms with E-state index < -0.39 is 0 Å². The minimum Gasteiger partial charge on any atom is -0.304 e. The van der Waals surface area contributed by atoms with Crippen LogP contribution in [0.1, 0.15) is 19.5 Å².